The molecule has 3 rings (SSSR count). The Bertz CT molecular complexity index is 736. The van der Waals surface area contributed by atoms with E-state index in [0.29, 0.717) is 18.3 Å². The quantitative estimate of drug-likeness (QED) is 0.675. The van der Waals surface area contributed by atoms with E-state index >= 15 is 0 Å². The Balaban J connectivity index is 1.96. The van der Waals surface area contributed by atoms with E-state index in [1.165, 1.54) is 6.33 Å². The first-order valence-corrected chi connectivity index (χ1v) is 8.20. The highest BCUT2D eigenvalue weighted by molar-refractivity contribution is 5.79. The van der Waals surface area contributed by atoms with E-state index in [9.17, 15) is 4.79 Å². The van der Waals surface area contributed by atoms with Crippen molar-refractivity contribution < 1.29 is 9.53 Å². The smallest absolute Gasteiger partial charge is 0.317 e. The number of rotatable bonds is 5. The number of fused-ring (bicyclic) bond motifs is 1. The van der Waals surface area contributed by atoms with Crippen molar-refractivity contribution in [3.63, 3.8) is 0 Å². The Morgan fingerprint density at radius 2 is 2.12 bits per heavy atom. The summed E-state index contributed by atoms with van der Waals surface area (Å²) < 4.78 is 7.19. The van der Waals surface area contributed by atoms with Gasteiger partial charge in [-0.3, -0.25) is 4.79 Å². The Hall–Kier alpha value is -2.63. The lowest BCUT2D eigenvalue weighted by atomic mass is 9.89. The van der Waals surface area contributed by atoms with Gasteiger partial charge in [-0.05, 0) is 18.9 Å². The number of aromatic nitrogens is 3. The molecule has 0 fully saturated rings. The van der Waals surface area contributed by atoms with Crippen molar-refractivity contribution in [2.45, 2.75) is 32.7 Å². The highest BCUT2D eigenvalue weighted by atomic mass is 16.5. The van der Waals surface area contributed by atoms with Crippen LogP contribution in [0.25, 0.3) is 0 Å². The third kappa shape index (κ3) is 3.04. The number of benzene rings is 1. The Labute approximate surface area is 141 Å². The predicted molar refractivity (Wildman–Crippen MR) is 91.5 cm³/mol. The monoisotopic (exact) mass is 326 g/mol. The highest BCUT2D eigenvalue weighted by Crippen LogP contribution is 2.37. The molecule has 0 amide bonds. The number of unbranched alkanes of at least 4 members (excludes halogenated alkanes) is 1. The van der Waals surface area contributed by atoms with E-state index in [4.69, 9.17) is 4.74 Å². The molecule has 2 atom stereocenters. The van der Waals surface area contributed by atoms with Crippen LogP contribution in [0.5, 0.6) is 0 Å². The second-order valence-corrected chi connectivity index (χ2v) is 6.03. The molecule has 2 heterocycles. The number of nitrogens with one attached hydrogen (secondary N) is 1. The van der Waals surface area contributed by atoms with Crippen LogP contribution in [0.2, 0.25) is 0 Å². The van der Waals surface area contributed by atoms with Gasteiger partial charge < -0.3 is 10.1 Å². The van der Waals surface area contributed by atoms with Crippen molar-refractivity contribution in [1.82, 2.24) is 14.8 Å². The van der Waals surface area contributed by atoms with Gasteiger partial charge in [0.1, 0.15) is 12.2 Å². The van der Waals surface area contributed by atoms with Gasteiger partial charge >= 0.3 is 5.97 Å². The van der Waals surface area contributed by atoms with Crippen molar-refractivity contribution in [2.75, 3.05) is 11.9 Å². The first kappa shape index (κ1) is 16.2. The maximum absolute atomic E-state index is 12.7. The molecule has 0 saturated heterocycles. The molecule has 1 aliphatic heterocycles. The summed E-state index contributed by atoms with van der Waals surface area (Å²) in [6.45, 7) is 8.54. The van der Waals surface area contributed by atoms with E-state index < -0.39 is 5.92 Å². The second kappa shape index (κ2) is 6.86. The van der Waals surface area contributed by atoms with Crippen molar-refractivity contribution in [2.24, 2.45) is 5.92 Å². The zero-order valence-electron chi connectivity index (χ0n) is 14.0. The molecule has 24 heavy (non-hydrogen) atoms. The molecule has 1 N–H and O–H groups in total. The SMILES string of the molecule is C=C1Nc2ncnn2[C@H](c2ccc(C)cc2)[C@H]1C(=O)OCCCC. The van der Waals surface area contributed by atoms with Gasteiger partial charge in [0.2, 0.25) is 5.95 Å². The lowest BCUT2D eigenvalue weighted by molar-refractivity contribution is -0.148. The van der Waals surface area contributed by atoms with Crippen LogP contribution in [0.15, 0.2) is 42.9 Å². The summed E-state index contributed by atoms with van der Waals surface area (Å²) in [6.07, 6.45) is 3.30. The fourth-order valence-electron chi connectivity index (χ4n) is 2.87. The lowest BCUT2D eigenvalue weighted by Gasteiger charge is -2.33. The molecule has 0 saturated carbocycles. The minimum absolute atomic E-state index is 0.285. The summed E-state index contributed by atoms with van der Waals surface area (Å²) in [5.74, 6) is -0.241. The lowest BCUT2D eigenvalue weighted by Crippen LogP contribution is -2.38. The minimum Gasteiger partial charge on any atom is -0.465 e. The molecule has 6 heteroatoms. The topological polar surface area (TPSA) is 69.0 Å². The van der Waals surface area contributed by atoms with Crippen molar-refractivity contribution in [3.05, 3.63) is 54.0 Å². The number of ether oxygens (including phenoxy) is 1. The van der Waals surface area contributed by atoms with Crippen molar-refractivity contribution >= 4 is 11.9 Å². The number of carbonyl (C=O) groups is 1. The van der Waals surface area contributed by atoms with Crippen LogP contribution in [-0.4, -0.2) is 27.3 Å². The number of nitrogens with zero attached hydrogens (tertiary/aromatic N) is 3. The van der Waals surface area contributed by atoms with Crippen LogP contribution in [0, 0.1) is 12.8 Å². The molecule has 0 aliphatic carbocycles. The zero-order chi connectivity index (χ0) is 17.1. The summed E-state index contributed by atoms with van der Waals surface area (Å²) in [7, 11) is 0. The summed E-state index contributed by atoms with van der Waals surface area (Å²) >= 11 is 0. The van der Waals surface area contributed by atoms with Crippen LogP contribution in [0.3, 0.4) is 0 Å². The van der Waals surface area contributed by atoms with Crippen LogP contribution in [0.4, 0.5) is 5.95 Å². The summed E-state index contributed by atoms with van der Waals surface area (Å²) in [6, 6.07) is 7.75. The highest BCUT2D eigenvalue weighted by Gasteiger charge is 2.40. The summed E-state index contributed by atoms with van der Waals surface area (Å²) in [5.41, 5.74) is 2.72. The first-order chi connectivity index (χ1) is 11.6. The number of hydrogen-bond acceptors (Lipinski definition) is 5. The maximum atomic E-state index is 12.7. The standard InChI is InChI=1S/C18H22N4O2/c1-4-5-10-24-17(23)15-13(3)21-18-19-11-20-22(18)16(15)14-8-6-12(2)7-9-14/h6-9,11,15-16H,3-5,10H2,1-2H3,(H,19,20,21)/t15-,16+/m0/s1. The number of esters is 1. The molecular formula is C18H22N4O2. The first-order valence-electron chi connectivity index (χ1n) is 8.20. The largest absolute Gasteiger partial charge is 0.465 e. The van der Waals surface area contributed by atoms with E-state index in [-0.39, 0.29) is 12.0 Å². The maximum Gasteiger partial charge on any atom is 0.317 e. The van der Waals surface area contributed by atoms with Gasteiger partial charge in [-0.2, -0.15) is 10.1 Å². The molecule has 1 aromatic heterocycles. The molecule has 0 spiro atoms. The molecular weight excluding hydrogens is 304 g/mol. The molecule has 0 bridgehead atoms. The Morgan fingerprint density at radius 3 is 2.83 bits per heavy atom. The molecule has 1 aromatic carbocycles. The predicted octanol–water partition coefficient (Wildman–Crippen LogP) is 3.07. The van der Waals surface area contributed by atoms with Crippen LogP contribution in [0.1, 0.15) is 36.9 Å². The average molecular weight is 326 g/mol. The minimum atomic E-state index is -0.543. The Kier molecular flexibility index (Phi) is 4.64. The summed E-state index contributed by atoms with van der Waals surface area (Å²) in [5, 5.41) is 7.36. The van der Waals surface area contributed by atoms with Gasteiger partial charge in [0.25, 0.3) is 0 Å². The van der Waals surface area contributed by atoms with Gasteiger partial charge in [-0.15, -0.1) is 0 Å². The molecule has 0 radical (unpaired) electrons. The van der Waals surface area contributed by atoms with Crippen molar-refractivity contribution in [3.8, 4) is 0 Å². The van der Waals surface area contributed by atoms with E-state index in [0.717, 1.165) is 24.0 Å². The number of carbonyl (C=O) groups excluding carboxylic acids is 1. The summed E-state index contributed by atoms with van der Waals surface area (Å²) in [4.78, 5) is 16.9. The fourth-order valence-corrected chi connectivity index (χ4v) is 2.87. The van der Waals surface area contributed by atoms with E-state index in [1.807, 2.05) is 31.2 Å². The van der Waals surface area contributed by atoms with Gasteiger partial charge in [-0.1, -0.05) is 49.8 Å². The normalized spacial score (nSPS) is 19.5. The zero-order valence-corrected chi connectivity index (χ0v) is 14.0. The average Bonchev–Trinajstić information content (AvgIpc) is 3.02. The third-order valence-corrected chi connectivity index (χ3v) is 4.22. The van der Waals surface area contributed by atoms with Crippen LogP contribution in [-0.2, 0) is 9.53 Å². The third-order valence-electron chi connectivity index (χ3n) is 4.22. The van der Waals surface area contributed by atoms with Gasteiger partial charge in [0.05, 0.1) is 12.6 Å². The fraction of sp³-hybridized carbons (Fsp3) is 0.389. The van der Waals surface area contributed by atoms with E-state index in [1.54, 1.807) is 4.68 Å². The van der Waals surface area contributed by atoms with Crippen LogP contribution < -0.4 is 5.32 Å². The van der Waals surface area contributed by atoms with Gasteiger partial charge in [-0.25, -0.2) is 4.68 Å². The van der Waals surface area contributed by atoms with Crippen LogP contribution >= 0.6 is 0 Å². The molecule has 2 aromatic rings. The van der Waals surface area contributed by atoms with Crippen molar-refractivity contribution in [1.29, 1.82) is 0 Å². The molecule has 6 nitrogen and oxygen atoms in total. The second-order valence-electron chi connectivity index (χ2n) is 6.03. The van der Waals surface area contributed by atoms with Gasteiger partial charge in [0.15, 0.2) is 0 Å². The number of hydrogen-bond donors (Lipinski definition) is 1. The number of aryl methyl sites for hydroxylation is 1. The molecule has 126 valence electrons. The Morgan fingerprint density at radius 1 is 1.38 bits per heavy atom. The van der Waals surface area contributed by atoms with E-state index in [2.05, 4.69) is 28.9 Å². The molecule has 0 unspecified atom stereocenters. The van der Waals surface area contributed by atoms with Gasteiger partial charge in [0, 0.05) is 5.70 Å². The molecule has 1 aliphatic rings. The number of anilines is 1.